The summed E-state index contributed by atoms with van der Waals surface area (Å²) in [5.74, 6) is 4.24. The third-order valence-corrected chi connectivity index (χ3v) is 8.12. The van der Waals surface area contributed by atoms with Crippen molar-refractivity contribution < 1.29 is 0 Å². The molecule has 6 atom stereocenters. The Morgan fingerprint density at radius 1 is 1.32 bits per heavy atom. The number of hydrogen-bond acceptors (Lipinski definition) is 0. The van der Waals surface area contributed by atoms with Gasteiger partial charge in [0.05, 0.1) is 0 Å². The van der Waals surface area contributed by atoms with Gasteiger partial charge in [0.1, 0.15) is 0 Å². The summed E-state index contributed by atoms with van der Waals surface area (Å²) in [4.78, 5) is 0. The van der Waals surface area contributed by atoms with Crippen molar-refractivity contribution in [2.45, 2.75) is 86.0 Å². The number of fused-ring (bicyclic) bond motifs is 2. The van der Waals surface area contributed by atoms with E-state index in [1.54, 1.807) is 11.1 Å². The lowest BCUT2D eigenvalue weighted by molar-refractivity contribution is 0.121. The summed E-state index contributed by atoms with van der Waals surface area (Å²) in [6.07, 6.45) is 16.0. The minimum Gasteiger partial charge on any atom is -0.0996 e. The Labute approximate surface area is 156 Å². The van der Waals surface area contributed by atoms with E-state index in [0.29, 0.717) is 5.41 Å². The SMILES string of the molecule is C=C1CC[C@@H]2/C(C)=C\C[C@H]3[C@@H]([C@@H](C)CCC=C(C)C)CC[C@]3(C)CC12. The Bertz CT molecular complexity index is 559. The molecule has 3 aliphatic rings. The molecule has 3 rings (SSSR count). The van der Waals surface area contributed by atoms with Gasteiger partial charge in [0.15, 0.2) is 0 Å². The van der Waals surface area contributed by atoms with E-state index >= 15 is 0 Å². The topological polar surface area (TPSA) is 0 Å². The maximum atomic E-state index is 4.47. The van der Waals surface area contributed by atoms with Crippen molar-refractivity contribution in [1.82, 2.24) is 0 Å². The molecule has 140 valence electrons. The second-order valence-electron chi connectivity index (χ2n) is 10.1. The molecule has 2 fully saturated rings. The zero-order valence-corrected chi connectivity index (χ0v) is 17.4. The molecule has 0 N–H and O–H groups in total. The molecule has 0 aliphatic heterocycles. The Kier molecular flexibility index (Phi) is 5.66. The van der Waals surface area contributed by atoms with E-state index in [2.05, 4.69) is 53.3 Å². The first kappa shape index (κ1) is 19.0. The maximum Gasteiger partial charge on any atom is -0.0135 e. The quantitative estimate of drug-likeness (QED) is 0.459. The van der Waals surface area contributed by atoms with Gasteiger partial charge in [0, 0.05) is 0 Å². The minimum atomic E-state index is 0.544. The lowest BCUT2D eigenvalue weighted by Crippen LogP contribution is -2.32. The van der Waals surface area contributed by atoms with Gasteiger partial charge in [-0.1, -0.05) is 49.3 Å². The molecule has 2 saturated carbocycles. The van der Waals surface area contributed by atoms with Gasteiger partial charge in [-0.15, -0.1) is 0 Å². The summed E-state index contributed by atoms with van der Waals surface area (Å²) in [7, 11) is 0. The molecule has 0 aromatic carbocycles. The first-order valence-corrected chi connectivity index (χ1v) is 10.8. The molecule has 0 aromatic rings. The lowest BCUT2D eigenvalue weighted by atomic mass is 9.64. The molecule has 0 amide bonds. The Balaban J connectivity index is 1.77. The summed E-state index contributed by atoms with van der Waals surface area (Å²) in [5.41, 5.74) is 5.25. The van der Waals surface area contributed by atoms with E-state index in [1.807, 2.05) is 0 Å². The molecule has 0 nitrogen and oxygen atoms in total. The van der Waals surface area contributed by atoms with Crippen molar-refractivity contribution in [1.29, 1.82) is 0 Å². The van der Waals surface area contributed by atoms with Crippen LogP contribution in [0.15, 0.2) is 35.5 Å². The molecule has 0 bridgehead atoms. The highest BCUT2D eigenvalue weighted by Crippen LogP contribution is 2.59. The summed E-state index contributed by atoms with van der Waals surface area (Å²) >= 11 is 0. The highest BCUT2D eigenvalue weighted by molar-refractivity contribution is 5.22. The fourth-order valence-corrected chi connectivity index (χ4v) is 6.45. The fourth-order valence-electron chi connectivity index (χ4n) is 6.45. The molecule has 3 aliphatic carbocycles. The third-order valence-electron chi connectivity index (χ3n) is 8.12. The number of hydrogen-bond donors (Lipinski definition) is 0. The first-order valence-electron chi connectivity index (χ1n) is 10.8. The van der Waals surface area contributed by atoms with Gasteiger partial charge in [-0.25, -0.2) is 0 Å². The van der Waals surface area contributed by atoms with Crippen LogP contribution in [-0.2, 0) is 0 Å². The van der Waals surface area contributed by atoms with Crippen molar-refractivity contribution in [3.63, 3.8) is 0 Å². The smallest absolute Gasteiger partial charge is 0.0135 e. The largest absolute Gasteiger partial charge is 0.0996 e. The van der Waals surface area contributed by atoms with Crippen LogP contribution in [0.1, 0.15) is 86.0 Å². The number of allylic oxidation sites excluding steroid dienone is 5. The van der Waals surface area contributed by atoms with Crippen molar-refractivity contribution in [3.8, 4) is 0 Å². The van der Waals surface area contributed by atoms with E-state index in [0.717, 1.165) is 29.6 Å². The molecule has 0 saturated heterocycles. The first-order chi connectivity index (χ1) is 11.8. The average Bonchev–Trinajstić information content (AvgIpc) is 3.04. The van der Waals surface area contributed by atoms with Crippen molar-refractivity contribution >= 4 is 0 Å². The molecule has 0 aromatic heterocycles. The molecule has 1 unspecified atom stereocenters. The zero-order valence-electron chi connectivity index (χ0n) is 17.4. The van der Waals surface area contributed by atoms with Gasteiger partial charge in [-0.05, 0) is 107 Å². The Morgan fingerprint density at radius 3 is 2.80 bits per heavy atom. The predicted molar refractivity (Wildman–Crippen MR) is 110 cm³/mol. The van der Waals surface area contributed by atoms with Crippen molar-refractivity contribution in [2.24, 2.45) is 35.0 Å². The third kappa shape index (κ3) is 3.83. The normalized spacial score (nSPS) is 41.2. The highest BCUT2D eigenvalue weighted by Gasteiger charge is 2.49. The van der Waals surface area contributed by atoms with Gasteiger partial charge >= 0.3 is 0 Å². The van der Waals surface area contributed by atoms with Crippen molar-refractivity contribution in [3.05, 3.63) is 35.5 Å². The summed E-state index contributed by atoms with van der Waals surface area (Å²) in [6, 6.07) is 0. The maximum absolute atomic E-state index is 4.47. The Morgan fingerprint density at radius 2 is 2.08 bits per heavy atom. The van der Waals surface area contributed by atoms with Crippen LogP contribution in [0.4, 0.5) is 0 Å². The standard InChI is InChI=1S/C25H40/c1-17(2)8-7-9-18(3)22-14-15-25(6)16-23-20(5)10-12-21(23)19(4)11-13-24(22)25/h8,11,18,21-24H,5,7,9-10,12-16H2,1-4,6H3/b19-11-/t18-,21+,22+,23?,24-,25+/m0/s1. The molecule has 0 heteroatoms. The molecule has 0 spiro atoms. The van der Waals surface area contributed by atoms with E-state index < -0.39 is 0 Å². The highest BCUT2D eigenvalue weighted by atomic mass is 14.5. The van der Waals surface area contributed by atoms with Crippen LogP contribution in [0.5, 0.6) is 0 Å². The van der Waals surface area contributed by atoms with E-state index in [9.17, 15) is 0 Å². The van der Waals surface area contributed by atoms with Crippen molar-refractivity contribution in [2.75, 3.05) is 0 Å². The van der Waals surface area contributed by atoms with Crippen LogP contribution in [0.25, 0.3) is 0 Å². The summed E-state index contributed by atoms with van der Waals surface area (Å²) in [5, 5.41) is 0. The predicted octanol–water partition coefficient (Wildman–Crippen LogP) is 7.72. The molecule has 0 heterocycles. The van der Waals surface area contributed by atoms with Gasteiger partial charge < -0.3 is 0 Å². The van der Waals surface area contributed by atoms with Crippen LogP contribution in [0.3, 0.4) is 0 Å². The van der Waals surface area contributed by atoms with Gasteiger partial charge in [-0.2, -0.15) is 0 Å². The van der Waals surface area contributed by atoms with Gasteiger partial charge in [-0.3, -0.25) is 0 Å². The van der Waals surface area contributed by atoms with Gasteiger partial charge in [0.25, 0.3) is 0 Å². The molecular weight excluding hydrogens is 300 g/mol. The van der Waals surface area contributed by atoms with E-state index in [-0.39, 0.29) is 0 Å². The molecular formula is C25H40. The fraction of sp³-hybridized carbons (Fsp3) is 0.760. The van der Waals surface area contributed by atoms with E-state index in [1.165, 1.54) is 56.9 Å². The second-order valence-corrected chi connectivity index (χ2v) is 10.1. The zero-order chi connectivity index (χ0) is 18.2. The lowest BCUT2D eigenvalue weighted by Gasteiger charge is -2.41. The second kappa shape index (κ2) is 7.45. The van der Waals surface area contributed by atoms with Crippen LogP contribution in [-0.4, -0.2) is 0 Å². The van der Waals surface area contributed by atoms with Crippen LogP contribution in [0, 0.1) is 35.0 Å². The molecule has 0 radical (unpaired) electrons. The summed E-state index contributed by atoms with van der Waals surface area (Å²) < 4.78 is 0. The Hall–Kier alpha value is -0.780. The minimum absolute atomic E-state index is 0.544. The van der Waals surface area contributed by atoms with Crippen LogP contribution < -0.4 is 0 Å². The van der Waals surface area contributed by atoms with Gasteiger partial charge in [0.2, 0.25) is 0 Å². The molecule has 25 heavy (non-hydrogen) atoms. The monoisotopic (exact) mass is 340 g/mol. The number of rotatable bonds is 4. The summed E-state index contributed by atoms with van der Waals surface area (Å²) in [6.45, 7) is 16.5. The average molecular weight is 341 g/mol. The van der Waals surface area contributed by atoms with E-state index in [4.69, 9.17) is 0 Å². The van der Waals surface area contributed by atoms with Crippen LogP contribution >= 0.6 is 0 Å². The van der Waals surface area contributed by atoms with Crippen LogP contribution in [0.2, 0.25) is 0 Å².